The molecule has 86 valence electrons. The molecule has 2 rings (SSSR count). The number of nitrogens with zero attached hydrogens (tertiary/aromatic N) is 2. The van der Waals surface area contributed by atoms with E-state index in [2.05, 4.69) is 27.1 Å². The summed E-state index contributed by atoms with van der Waals surface area (Å²) in [6.07, 6.45) is 2.57. The van der Waals surface area contributed by atoms with Gasteiger partial charge < -0.3 is 5.32 Å². The molecule has 1 aromatic carbocycles. The van der Waals surface area contributed by atoms with Crippen molar-refractivity contribution < 1.29 is 0 Å². The molecular weight excluding hydrogens is 210 g/mol. The molecule has 3 nitrogen and oxygen atoms in total. The van der Waals surface area contributed by atoms with Gasteiger partial charge in [0, 0.05) is 6.42 Å². The molecule has 2 aromatic rings. The van der Waals surface area contributed by atoms with E-state index in [0.717, 1.165) is 23.1 Å². The van der Waals surface area contributed by atoms with Crippen LogP contribution in [0.4, 0.5) is 0 Å². The van der Waals surface area contributed by atoms with Crippen LogP contribution in [0.1, 0.15) is 25.1 Å². The Kier molecular flexibility index (Phi) is 3.69. The molecule has 0 saturated carbocycles. The molecule has 1 unspecified atom stereocenters. The minimum absolute atomic E-state index is 0.138. The van der Waals surface area contributed by atoms with E-state index >= 15 is 0 Å². The van der Waals surface area contributed by atoms with E-state index in [1.54, 1.807) is 0 Å². The minimum atomic E-state index is 0.138. The smallest absolute Gasteiger partial charge is 0.0890 e. The van der Waals surface area contributed by atoms with E-state index in [1.165, 1.54) is 0 Å². The molecule has 1 heterocycles. The highest BCUT2D eigenvalue weighted by Gasteiger charge is 2.10. The van der Waals surface area contributed by atoms with Crippen molar-refractivity contribution in [2.75, 3.05) is 7.05 Å². The Labute approximate surface area is 101 Å². The number of benzene rings is 1. The van der Waals surface area contributed by atoms with Crippen LogP contribution in [0.5, 0.6) is 0 Å². The van der Waals surface area contributed by atoms with Crippen LogP contribution in [0.25, 0.3) is 11.0 Å². The number of hydrogen-bond acceptors (Lipinski definition) is 3. The molecule has 1 N–H and O–H groups in total. The van der Waals surface area contributed by atoms with Gasteiger partial charge in [-0.3, -0.25) is 4.98 Å². The molecule has 0 fully saturated rings. The summed E-state index contributed by atoms with van der Waals surface area (Å²) < 4.78 is 0. The lowest BCUT2D eigenvalue weighted by atomic mass is 10.1. The van der Waals surface area contributed by atoms with Gasteiger partial charge in [-0.25, -0.2) is 4.98 Å². The Morgan fingerprint density at radius 3 is 2.76 bits per heavy atom. The van der Waals surface area contributed by atoms with E-state index in [-0.39, 0.29) is 6.04 Å². The fourth-order valence-electron chi connectivity index (χ4n) is 1.70. The Bertz CT molecular complexity index is 566. The third kappa shape index (κ3) is 2.61. The van der Waals surface area contributed by atoms with Crippen LogP contribution in [0.2, 0.25) is 0 Å². The van der Waals surface area contributed by atoms with E-state index < -0.39 is 0 Å². The van der Waals surface area contributed by atoms with Gasteiger partial charge in [-0.05, 0) is 26.1 Å². The molecule has 1 atom stereocenters. The van der Waals surface area contributed by atoms with Crippen LogP contribution < -0.4 is 5.32 Å². The summed E-state index contributed by atoms with van der Waals surface area (Å²) in [5.74, 6) is 5.97. The topological polar surface area (TPSA) is 37.8 Å². The third-order valence-corrected chi connectivity index (χ3v) is 2.66. The maximum Gasteiger partial charge on any atom is 0.0890 e. The summed E-state index contributed by atoms with van der Waals surface area (Å²) in [5.41, 5.74) is 2.79. The highest BCUT2D eigenvalue weighted by molar-refractivity contribution is 5.73. The first-order valence-electron chi connectivity index (χ1n) is 5.63. The Hall–Kier alpha value is -1.92. The lowest BCUT2D eigenvalue weighted by molar-refractivity contribution is 0.594. The predicted molar refractivity (Wildman–Crippen MR) is 69.4 cm³/mol. The fourth-order valence-corrected chi connectivity index (χ4v) is 1.70. The number of para-hydroxylation sites is 2. The summed E-state index contributed by atoms with van der Waals surface area (Å²) >= 11 is 0. The van der Waals surface area contributed by atoms with Gasteiger partial charge in [-0.15, -0.1) is 11.8 Å². The summed E-state index contributed by atoms with van der Waals surface area (Å²) in [6, 6.07) is 8.02. The van der Waals surface area contributed by atoms with Gasteiger partial charge in [0.05, 0.1) is 29.0 Å². The summed E-state index contributed by atoms with van der Waals surface area (Å²) in [5, 5.41) is 3.21. The first-order chi connectivity index (χ1) is 8.35. The van der Waals surface area contributed by atoms with Crippen molar-refractivity contribution in [1.29, 1.82) is 0 Å². The van der Waals surface area contributed by atoms with Crippen molar-refractivity contribution in [3.63, 3.8) is 0 Å². The summed E-state index contributed by atoms with van der Waals surface area (Å²) in [4.78, 5) is 9.01. The van der Waals surface area contributed by atoms with E-state index in [0.29, 0.717) is 0 Å². The maximum absolute atomic E-state index is 4.61. The Balaban J connectivity index is 2.35. The number of aromatic nitrogens is 2. The summed E-state index contributed by atoms with van der Waals surface area (Å²) in [6.45, 7) is 1.85. The van der Waals surface area contributed by atoms with Crippen LogP contribution in [0, 0.1) is 11.8 Å². The fraction of sp³-hybridized carbons (Fsp3) is 0.286. The third-order valence-electron chi connectivity index (χ3n) is 2.66. The maximum atomic E-state index is 4.61. The molecule has 0 amide bonds. The molecule has 0 saturated heterocycles. The Morgan fingerprint density at radius 2 is 2.06 bits per heavy atom. The zero-order valence-electron chi connectivity index (χ0n) is 10.1. The van der Waals surface area contributed by atoms with E-state index in [1.807, 2.05) is 44.4 Å². The first-order valence-corrected chi connectivity index (χ1v) is 5.63. The highest BCUT2D eigenvalue weighted by atomic mass is 14.9. The molecule has 1 aromatic heterocycles. The molecule has 17 heavy (non-hydrogen) atoms. The van der Waals surface area contributed by atoms with Crippen molar-refractivity contribution in [3.8, 4) is 11.8 Å². The lowest BCUT2D eigenvalue weighted by Gasteiger charge is -2.12. The van der Waals surface area contributed by atoms with E-state index in [4.69, 9.17) is 0 Å². The molecule has 0 aliphatic rings. The number of fused-ring (bicyclic) bond motifs is 1. The summed E-state index contributed by atoms with van der Waals surface area (Å²) in [7, 11) is 1.92. The van der Waals surface area contributed by atoms with Gasteiger partial charge in [-0.1, -0.05) is 12.1 Å². The van der Waals surface area contributed by atoms with E-state index in [9.17, 15) is 0 Å². The Morgan fingerprint density at radius 1 is 1.29 bits per heavy atom. The normalized spacial score (nSPS) is 11.9. The number of nitrogens with one attached hydrogen (secondary N) is 1. The SMILES string of the molecule is CC#CCC(NC)c1cnc2ccccc2n1. The van der Waals surface area contributed by atoms with Gasteiger partial charge in [-0.2, -0.15) is 0 Å². The van der Waals surface area contributed by atoms with Gasteiger partial charge in [0.15, 0.2) is 0 Å². The average Bonchev–Trinajstić information content (AvgIpc) is 2.39. The molecule has 0 aliphatic heterocycles. The second kappa shape index (κ2) is 5.42. The van der Waals surface area contributed by atoms with Gasteiger partial charge in [0.1, 0.15) is 0 Å². The van der Waals surface area contributed by atoms with Gasteiger partial charge in [0.25, 0.3) is 0 Å². The zero-order valence-corrected chi connectivity index (χ0v) is 10.1. The zero-order chi connectivity index (χ0) is 12.1. The highest BCUT2D eigenvalue weighted by Crippen LogP contribution is 2.16. The van der Waals surface area contributed by atoms with Crippen LogP contribution in [-0.2, 0) is 0 Å². The monoisotopic (exact) mass is 225 g/mol. The van der Waals surface area contributed by atoms with Gasteiger partial charge in [0.2, 0.25) is 0 Å². The van der Waals surface area contributed by atoms with Crippen LogP contribution >= 0.6 is 0 Å². The molecular formula is C14H15N3. The second-order valence-corrected chi connectivity index (χ2v) is 3.76. The van der Waals surface area contributed by atoms with Crippen molar-refractivity contribution in [2.24, 2.45) is 0 Å². The van der Waals surface area contributed by atoms with Crippen molar-refractivity contribution in [1.82, 2.24) is 15.3 Å². The van der Waals surface area contributed by atoms with Crippen molar-refractivity contribution in [3.05, 3.63) is 36.2 Å². The lowest BCUT2D eigenvalue weighted by Crippen LogP contribution is -2.17. The molecule has 0 spiro atoms. The van der Waals surface area contributed by atoms with Crippen LogP contribution in [0.3, 0.4) is 0 Å². The van der Waals surface area contributed by atoms with Crippen LogP contribution in [0.15, 0.2) is 30.5 Å². The van der Waals surface area contributed by atoms with Crippen molar-refractivity contribution >= 4 is 11.0 Å². The predicted octanol–water partition coefficient (Wildman–Crippen LogP) is 2.30. The first kappa shape index (κ1) is 11.6. The standard InChI is InChI=1S/C14H15N3/c1-3-4-7-11(15-2)14-10-16-12-8-5-6-9-13(12)17-14/h5-6,8-11,15H,7H2,1-2H3. The molecule has 0 bridgehead atoms. The largest absolute Gasteiger partial charge is 0.311 e. The minimum Gasteiger partial charge on any atom is -0.311 e. The molecule has 3 heteroatoms. The molecule has 0 radical (unpaired) electrons. The number of hydrogen-bond donors (Lipinski definition) is 1. The van der Waals surface area contributed by atoms with Crippen molar-refractivity contribution in [2.45, 2.75) is 19.4 Å². The average molecular weight is 225 g/mol. The molecule has 0 aliphatic carbocycles. The number of rotatable bonds is 3. The van der Waals surface area contributed by atoms with Gasteiger partial charge >= 0.3 is 0 Å². The second-order valence-electron chi connectivity index (χ2n) is 3.76. The van der Waals surface area contributed by atoms with Crippen LogP contribution in [-0.4, -0.2) is 17.0 Å². The quantitative estimate of drug-likeness (QED) is 0.814.